The molecule has 1 unspecified atom stereocenters. The third-order valence-electron chi connectivity index (χ3n) is 2.38. The van der Waals surface area contributed by atoms with Crippen LogP contribution in [0.25, 0.3) is 0 Å². The van der Waals surface area contributed by atoms with Gasteiger partial charge in [-0.2, -0.15) is 0 Å². The van der Waals surface area contributed by atoms with Gasteiger partial charge in [0, 0.05) is 19.4 Å². The van der Waals surface area contributed by atoms with Crippen LogP contribution in [0.5, 0.6) is 0 Å². The minimum absolute atomic E-state index is 0.173. The van der Waals surface area contributed by atoms with Gasteiger partial charge in [0.2, 0.25) is 0 Å². The van der Waals surface area contributed by atoms with E-state index in [1.54, 1.807) is 10.9 Å². The number of hydrogen-bond donors (Lipinski definition) is 2. The van der Waals surface area contributed by atoms with Crippen molar-refractivity contribution in [3.05, 3.63) is 12.2 Å². The lowest BCUT2D eigenvalue weighted by atomic mass is 10.2. The summed E-state index contributed by atoms with van der Waals surface area (Å²) in [6, 6.07) is 0. The van der Waals surface area contributed by atoms with Crippen LogP contribution in [0.15, 0.2) is 6.33 Å². The quantitative estimate of drug-likeness (QED) is 0.706. The monoisotopic (exact) mass is 227 g/mol. The number of carbonyl (C=O) groups is 1. The molecule has 90 valence electrons. The Morgan fingerprint density at radius 1 is 1.62 bits per heavy atom. The highest BCUT2D eigenvalue weighted by Crippen LogP contribution is 2.04. The van der Waals surface area contributed by atoms with E-state index in [0.29, 0.717) is 6.54 Å². The van der Waals surface area contributed by atoms with Crippen LogP contribution in [0.2, 0.25) is 0 Å². The Labute approximate surface area is 93.9 Å². The molecule has 1 aromatic heterocycles. The lowest BCUT2D eigenvalue weighted by Crippen LogP contribution is -2.21. The van der Waals surface area contributed by atoms with E-state index in [9.17, 15) is 4.79 Å². The smallest absolute Gasteiger partial charge is 0.332 e. The summed E-state index contributed by atoms with van der Waals surface area (Å²) < 4.78 is 1.79. The first-order valence-electron chi connectivity index (χ1n) is 5.42. The van der Waals surface area contributed by atoms with Crippen LogP contribution in [0, 0.1) is 0 Å². The number of aliphatic hydroxyl groups excluding tert-OH is 1. The normalized spacial score (nSPS) is 12.6. The van der Waals surface area contributed by atoms with Gasteiger partial charge < -0.3 is 14.8 Å². The molecule has 6 nitrogen and oxygen atoms in total. The van der Waals surface area contributed by atoms with Crippen molar-refractivity contribution in [1.82, 2.24) is 14.8 Å². The number of aryl methyl sites for hydroxylation is 2. The van der Waals surface area contributed by atoms with Gasteiger partial charge in [0.05, 0.1) is 0 Å². The van der Waals surface area contributed by atoms with Crippen molar-refractivity contribution in [2.75, 3.05) is 0 Å². The van der Waals surface area contributed by atoms with Crippen molar-refractivity contribution in [2.45, 2.75) is 45.3 Å². The van der Waals surface area contributed by atoms with Crippen molar-refractivity contribution in [1.29, 1.82) is 0 Å². The number of aliphatic hydroxyl groups is 1. The molecule has 1 aromatic rings. The molecule has 0 aliphatic heterocycles. The third-order valence-corrected chi connectivity index (χ3v) is 2.38. The first kappa shape index (κ1) is 12.6. The molecule has 6 heteroatoms. The van der Waals surface area contributed by atoms with Gasteiger partial charge in [0.15, 0.2) is 6.10 Å². The van der Waals surface area contributed by atoms with Gasteiger partial charge >= 0.3 is 5.97 Å². The molecular weight excluding hydrogens is 210 g/mol. The minimum Gasteiger partial charge on any atom is -0.479 e. The van der Waals surface area contributed by atoms with Crippen LogP contribution < -0.4 is 0 Å². The van der Waals surface area contributed by atoms with E-state index < -0.39 is 12.1 Å². The van der Waals surface area contributed by atoms with E-state index in [1.807, 2.05) is 0 Å². The Balaban J connectivity index is 2.47. The predicted octanol–water partition coefficient (Wildman–Crippen LogP) is 0.456. The molecule has 0 saturated heterocycles. The molecule has 1 rings (SSSR count). The Bertz CT molecular complexity index is 338. The van der Waals surface area contributed by atoms with E-state index >= 15 is 0 Å². The lowest BCUT2D eigenvalue weighted by Gasteiger charge is -2.08. The fourth-order valence-electron chi connectivity index (χ4n) is 1.38. The van der Waals surface area contributed by atoms with E-state index in [1.165, 1.54) is 0 Å². The molecule has 0 fully saturated rings. The fourth-order valence-corrected chi connectivity index (χ4v) is 1.38. The summed E-state index contributed by atoms with van der Waals surface area (Å²) in [5, 5.41) is 25.4. The molecule has 2 N–H and O–H groups in total. The van der Waals surface area contributed by atoms with Gasteiger partial charge in [-0.25, -0.2) is 4.79 Å². The number of carboxylic acid groups (broad SMARTS) is 1. The maximum atomic E-state index is 10.4. The standard InChI is InChI=1S/C10H17N3O3/c1-2-3-4-9-12-11-7-13(9)6-5-8(14)10(15)16/h7-8,14H,2-6H2,1H3,(H,15,16). The van der Waals surface area contributed by atoms with Crippen molar-refractivity contribution in [3.63, 3.8) is 0 Å². The van der Waals surface area contributed by atoms with Crippen molar-refractivity contribution < 1.29 is 15.0 Å². The highest BCUT2D eigenvalue weighted by molar-refractivity contribution is 5.71. The number of nitrogens with zero attached hydrogens (tertiary/aromatic N) is 3. The first-order valence-corrected chi connectivity index (χ1v) is 5.42. The molecule has 0 aromatic carbocycles. The zero-order valence-electron chi connectivity index (χ0n) is 9.33. The largest absolute Gasteiger partial charge is 0.479 e. The predicted molar refractivity (Wildman–Crippen MR) is 56.9 cm³/mol. The molecule has 0 aliphatic rings. The second-order valence-corrected chi connectivity index (χ2v) is 3.69. The zero-order valence-corrected chi connectivity index (χ0v) is 9.33. The number of aromatic nitrogens is 3. The van der Waals surface area contributed by atoms with Gasteiger partial charge in [-0.05, 0) is 6.42 Å². The summed E-state index contributed by atoms with van der Waals surface area (Å²) in [6.45, 7) is 2.52. The number of hydrogen-bond acceptors (Lipinski definition) is 4. The second-order valence-electron chi connectivity index (χ2n) is 3.69. The average Bonchev–Trinajstić information content (AvgIpc) is 2.70. The molecule has 0 radical (unpaired) electrons. The van der Waals surface area contributed by atoms with E-state index in [4.69, 9.17) is 10.2 Å². The van der Waals surface area contributed by atoms with Crippen LogP contribution in [-0.2, 0) is 17.8 Å². The Morgan fingerprint density at radius 2 is 2.38 bits per heavy atom. The maximum Gasteiger partial charge on any atom is 0.332 e. The van der Waals surface area contributed by atoms with Gasteiger partial charge in [0.1, 0.15) is 12.2 Å². The van der Waals surface area contributed by atoms with Crippen molar-refractivity contribution in [2.24, 2.45) is 0 Å². The van der Waals surface area contributed by atoms with Gasteiger partial charge in [0.25, 0.3) is 0 Å². The minimum atomic E-state index is -1.32. The van der Waals surface area contributed by atoms with Gasteiger partial charge in [-0.3, -0.25) is 0 Å². The lowest BCUT2D eigenvalue weighted by molar-refractivity contribution is -0.147. The molecule has 0 spiro atoms. The molecule has 16 heavy (non-hydrogen) atoms. The Morgan fingerprint density at radius 3 is 3.00 bits per heavy atom. The second kappa shape index (κ2) is 6.22. The summed E-state index contributed by atoms with van der Waals surface area (Å²) in [5.41, 5.74) is 0. The summed E-state index contributed by atoms with van der Waals surface area (Å²) >= 11 is 0. The van der Waals surface area contributed by atoms with Crippen LogP contribution in [0.3, 0.4) is 0 Å². The summed E-state index contributed by atoms with van der Waals surface area (Å²) in [7, 11) is 0. The molecule has 0 saturated carbocycles. The molecule has 1 atom stereocenters. The molecular formula is C10H17N3O3. The number of carboxylic acids is 1. The first-order chi connectivity index (χ1) is 7.65. The Kier molecular flexibility index (Phi) is 4.91. The number of aliphatic carboxylic acids is 1. The van der Waals surface area contributed by atoms with Crippen LogP contribution >= 0.6 is 0 Å². The highest BCUT2D eigenvalue weighted by atomic mass is 16.4. The number of rotatable bonds is 7. The summed E-state index contributed by atoms with van der Waals surface area (Å²) in [4.78, 5) is 10.4. The summed E-state index contributed by atoms with van der Waals surface area (Å²) in [5.74, 6) is -0.345. The molecule has 0 aliphatic carbocycles. The maximum absolute atomic E-state index is 10.4. The molecule has 0 amide bonds. The topological polar surface area (TPSA) is 88.2 Å². The molecule has 0 bridgehead atoms. The Hall–Kier alpha value is -1.43. The fraction of sp³-hybridized carbons (Fsp3) is 0.700. The van der Waals surface area contributed by atoms with Crippen LogP contribution in [-0.4, -0.2) is 37.1 Å². The zero-order chi connectivity index (χ0) is 12.0. The van der Waals surface area contributed by atoms with Crippen LogP contribution in [0.4, 0.5) is 0 Å². The van der Waals surface area contributed by atoms with Crippen molar-refractivity contribution in [3.8, 4) is 0 Å². The highest BCUT2D eigenvalue weighted by Gasteiger charge is 2.13. The average molecular weight is 227 g/mol. The third kappa shape index (κ3) is 3.62. The molecule has 1 heterocycles. The van der Waals surface area contributed by atoms with E-state index in [2.05, 4.69) is 17.1 Å². The van der Waals surface area contributed by atoms with Gasteiger partial charge in [-0.15, -0.1) is 10.2 Å². The van der Waals surface area contributed by atoms with Crippen LogP contribution in [0.1, 0.15) is 32.0 Å². The van der Waals surface area contributed by atoms with Gasteiger partial charge in [-0.1, -0.05) is 13.3 Å². The van der Waals surface area contributed by atoms with Crippen molar-refractivity contribution >= 4 is 5.97 Å². The van der Waals surface area contributed by atoms with E-state index in [0.717, 1.165) is 25.1 Å². The summed E-state index contributed by atoms with van der Waals surface area (Å²) in [6.07, 6.45) is 3.36. The number of unbranched alkanes of at least 4 members (excludes halogenated alkanes) is 1. The van der Waals surface area contributed by atoms with E-state index in [-0.39, 0.29) is 6.42 Å². The SMILES string of the molecule is CCCCc1nncn1CCC(O)C(=O)O.